The van der Waals surface area contributed by atoms with E-state index >= 15 is 0 Å². The average molecular weight is 405 g/mol. The molecule has 0 saturated heterocycles. The molecular formula is C16H24NO7PS. The smallest absolute Gasteiger partial charge is 0.351 e. The second kappa shape index (κ2) is 9.10. The standard InChI is InChI=1S/C16H24NO7PS/c18-16(14-8-2-1-3-9-14)17-10-15(11-24-25(19,20)21)26(22,23)12-13-6-4-5-7-13/h1-3,8-9,13,15H,4-7,10-12H2,(H,17,18)(H2,19,20,21). The first kappa shape index (κ1) is 21.1. The van der Waals surface area contributed by atoms with Crippen molar-refractivity contribution in [3.63, 3.8) is 0 Å². The summed E-state index contributed by atoms with van der Waals surface area (Å²) in [6.07, 6.45) is 3.60. The van der Waals surface area contributed by atoms with Gasteiger partial charge in [-0.05, 0) is 30.9 Å². The molecule has 1 saturated carbocycles. The minimum Gasteiger partial charge on any atom is -0.351 e. The topological polar surface area (TPSA) is 130 Å². The first-order valence-corrected chi connectivity index (χ1v) is 11.7. The zero-order chi connectivity index (χ0) is 19.2. The molecule has 0 aliphatic heterocycles. The molecule has 1 aliphatic rings. The number of carbonyl (C=O) groups excluding carboxylic acids is 1. The number of phosphoric acid groups is 1. The average Bonchev–Trinajstić information content (AvgIpc) is 3.06. The highest BCUT2D eigenvalue weighted by Gasteiger charge is 2.32. The van der Waals surface area contributed by atoms with E-state index in [-0.39, 0.29) is 18.2 Å². The number of rotatable bonds is 9. The van der Waals surface area contributed by atoms with E-state index in [1.165, 1.54) is 0 Å². The zero-order valence-electron chi connectivity index (χ0n) is 14.3. The minimum atomic E-state index is -4.81. The normalized spacial score (nSPS) is 17.2. The quantitative estimate of drug-likeness (QED) is 0.531. The Bertz CT molecular complexity index is 741. The number of amides is 1. The molecule has 1 aliphatic carbocycles. The fourth-order valence-electron chi connectivity index (χ4n) is 3.01. The summed E-state index contributed by atoms with van der Waals surface area (Å²) >= 11 is 0. The molecule has 26 heavy (non-hydrogen) atoms. The monoisotopic (exact) mass is 405 g/mol. The molecule has 1 aromatic rings. The van der Waals surface area contributed by atoms with Gasteiger partial charge < -0.3 is 15.1 Å². The molecule has 3 N–H and O–H groups in total. The van der Waals surface area contributed by atoms with Crippen molar-refractivity contribution < 1.29 is 32.1 Å². The van der Waals surface area contributed by atoms with E-state index in [0.717, 1.165) is 25.7 Å². The van der Waals surface area contributed by atoms with Gasteiger partial charge in [0.2, 0.25) is 0 Å². The Kier molecular flexibility index (Phi) is 7.37. The lowest BCUT2D eigenvalue weighted by Gasteiger charge is -2.20. The molecule has 2 rings (SSSR count). The van der Waals surface area contributed by atoms with Gasteiger partial charge in [0.1, 0.15) is 5.25 Å². The van der Waals surface area contributed by atoms with Crippen LogP contribution in [0.1, 0.15) is 36.0 Å². The third kappa shape index (κ3) is 6.81. The van der Waals surface area contributed by atoms with E-state index in [2.05, 4.69) is 9.84 Å². The van der Waals surface area contributed by atoms with Crippen LogP contribution in [0.25, 0.3) is 0 Å². The van der Waals surface area contributed by atoms with Gasteiger partial charge in [-0.3, -0.25) is 9.32 Å². The zero-order valence-corrected chi connectivity index (χ0v) is 16.0. The SMILES string of the molecule is O=C(NCC(COP(=O)(O)O)S(=O)(=O)CC1CCCC1)c1ccccc1. The van der Waals surface area contributed by atoms with Crippen LogP contribution in [0.5, 0.6) is 0 Å². The van der Waals surface area contributed by atoms with Crippen LogP contribution < -0.4 is 5.32 Å². The van der Waals surface area contributed by atoms with Crippen LogP contribution in [0.3, 0.4) is 0 Å². The Hall–Kier alpha value is -1.25. The number of sulfone groups is 1. The first-order valence-electron chi connectivity index (χ1n) is 8.42. The molecule has 1 aromatic carbocycles. The van der Waals surface area contributed by atoms with Crippen LogP contribution in [0.4, 0.5) is 0 Å². The predicted molar refractivity (Wildman–Crippen MR) is 96.3 cm³/mol. The van der Waals surface area contributed by atoms with E-state index in [1.54, 1.807) is 30.3 Å². The maximum Gasteiger partial charge on any atom is 0.469 e. The van der Waals surface area contributed by atoms with Crippen molar-refractivity contribution in [2.45, 2.75) is 30.9 Å². The summed E-state index contributed by atoms with van der Waals surface area (Å²) in [6.45, 7) is -0.947. The molecule has 1 unspecified atom stereocenters. The maximum atomic E-state index is 12.7. The second-order valence-electron chi connectivity index (χ2n) is 6.46. The van der Waals surface area contributed by atoms with E-state index in [9.17, 15) is 17.8 Å². The number of benzene rings is 1. The van der Waals surface area contributed by atoms with Crippen molar-refractivity contribution in [1.29, 1.82) is 0 Å². The lowest BCUT2D eigenvalue weighted by Crippen LogP contribution is -2.41. The molecule has 1 fully saturated rings. The minimum absolute atomic E-state index is 0.0439. The van der Waals surface area contributed by atoms with Gasteiger partial charge >= 0.3 is 7.82 Å². The Balaban J connectivity index is 2.04. The Morgan fingerprint density at radius 1 is 1.23 bits per heavy atom. The van der Waals surface area contributed by atoms with Crippen LogP contribution in [-0.4, -0.2) is 48.3 Å². The summed E-state index contributed by atoms with van der Waals surface area (Å²) in [4.78, 5) is 29.9. The van der Waals surface area contributed by atoms with Gasteiger partial charge in [0.05, 0.1) is 12.4 Å². The molecule has 146 valence electrons. The highest BCUT2D eigenvalue weighted by Crippen LogP contribution is 2.36. The summed E-state index contributed by atoms with van der Waals surface area (Å²) < 4.78 is 40.7. The first-order chi connectivity index (χ1) is 12.2. The number of carbonyl (C=O) groups is 1. The molecule has 10 heteroatoms. The van der Waals surface area contributed by atoms with E-state index in [1.807, 2.05) is 0 Å². The van der Waals surface area contributed by atoms with Gasteiger partial charge in [-0.25, -0.2) is 13.0 Å². The van der Waals surface area contributed by atoms with E-state index in [4.69, 9.17) is 9.79 Å². The molecule has 0 aromatic heterocycles. The van der Waals surface area contributed by atoms with Crippen LogP contribution in [0, 0.1) is 5.92 Å². The molecular weight excluding hydrogens is 381 g/mol. The fraction of sp³-hybridized carbons (Fsp3) is 0.562. The van der Waals surface area contributed by atoms with Gasteiger partial charge in [0.15, 0.2) is 9.84 Å². The van der Waals surface area contributed by atoms with Crippen molar-refractivity contribution in [3.8, 4) is 0 Å². The Morgan fingerprint density at radius 2 is 1.85 bits per heavy atom. The van der Waals surface area contributed by atoms with Crippen LogP contribution in [-0.2, 0) is 18.9 Å². The van der Waals surface area contributed by atoms with Crippen molar-refractivity contribution in [1.82, 2.24) is 5.32 Å². The van der Waals surface area contributed by atoms with Crippen molar-refractivity contribution in [2.75, 3.05) is 18.9 Å². The maximum absolute atomic E-state index is 12.7. The number of nitrogens with one attached hydrogen (secondary N) is 1. The van der Waals surface area contributed by atoms with Gasteiger partial charge in [-0.15, -0.1) is 0 Å². The van der Waals surface area contributed by atoms with Gasteiger partial charge in [0, 0.05) is 12.1 Å². The molecule has 1 atom stereocenters. The highest BCUT2D eigenvalue weighted by molar-refractivity contribution is 7.92. The molecule has 1 amide bonds. The van der Waals surface area contributed by atoms with Crippen LogP contribution in [0.2, 0.25) is 0 Å². The summed E-state index contributed by atoms with van der Waals surface area (Å²) in [6, 6.07) is 8.28. The van der Waals surface area contributed by atoms with Crippen LogP contribution >= 0.6 is 7.82 Å². The lowest BCUT2D eigenvalue weighted by atomic mass is 10.1. The summed E-state index contributed by atoms with van der Waals surface area (Å²) in [5.41, 5.74) is 0.371. The fourth-order valence-corrected chi connectivity index (χ4v) is 5.36. The Morgan fingerprint density at radius 3 is 2.42 bits per heavy atom. The molecule has 0 radical (unpaired) electrons. The second-order valence-corrected chi connectivity index (χ2v) is 10.0. The van der Waals surface area contributed by atoms with Crippen molar-refractivity contribution >= 4 is 23.6 Å². The number of hydrogen-bond donors (Lipinski definition) is 3. The molecule has 0 spiro atoms. The van der Waals surface area contributed by atoms with E-state index in [0.29, 0.717) is 5.56 Å². The Labute approximate surface area is 153 Å². The van der Waals surface area contributed by atoms with Gasteiger partial charge in [0.25, 0.3) is 5.91 Å². The summed E-state index contributed by atoms with van der Waals surface area (Å²) in [7, 11) is -8.50. The largest absolute Gasteiger partial charge is 0.469 e. The van der Waals surface area contributed by atoms with Gasteiger partial charge in [-0.1, -0.05) is 31.0 Å². The van der Waals surface area contributed by atoms with Crippen molar-refractivity contribution in [3.05, 3.63) is 35.9 Å². The van der Waals surface area contributed by atoms with Gasteiger partial charge in [-0.2, -0.15) is 0 Å². The summed E-state index contributed by atoms with van der Waals surface area (Å²) in [5.74, 6) is -0.478. The number of hydrogen-bond acceptors (Lipinski definition) is 5. The third-order valence-electron chi connectivity index (χ3n) is 4.41. The predicted octanol–water partition coefficient (Wildman–Crippen LogP) is 1.50. The number of phosphoric ester groups is 1. The summed E-state index contributed by atoms with van der Waals surface area (Å²) in [5, 5.41) is 1.30. The van der Waals surface area contributed by atoms with Crippen molar-refractivity contribution in [2.24, 2.45) is 5.92 Å². The lowest BCUT2D eigenvalue weighted by molar-refractivity contribution is 0.0951. The molecule has 8 nitrogen and oxygen atoms in total. The van der Waals surface area contributed by atoms with Crippen LogP contribution in [0.15, 0.2) is 30.3 Å². The third-order valence-corrected chi connectivity index (χ3v) is 7.15. The van der Waals surface area contributed by atoms with E-state index < -0.39 is 35.4 Å². The molecule has 0 bridgehead atoms. The molecule has 0 heterocycles. The highest BCUT2D eigenvalue weighted by atomic mass is 32.2.